The van der Waals surface area contributed by atoms with Crippen LogP contribution in [-0.4, -0.2) is 57.8 Å². The van der Waals surface area contributed by atoms with E-state index in [1.54, 1.807) is 24.3 Å². The Morgan fingerprint density at radius 1 is 1.11 bits per heavy atom. The lowest BCUT2D eigenvalue weighted by molar-refractivity contribution is 0.122. The van der Waals surface area contributed by atoms with Gasteiger partial charge in [-0.1, -0.05) is 23.7 Å². The van der Waals surface area contributed by atoms with Gasteiger partial charge in [0.25, 0.3) is 0 Å². The second kappa shape index (κ2) is 9.32. The molecule has 3 rings (SSSR count). The number of nitrogens with one attached hydrogen (secondary N) is 2. The SMILES string of the molecule is O=S(=O)(Cc1ccc(Cl)cc1)NCCNc1cc(N2CCOCC2)ncn1. The summed E-state index contributed by atoms with van der Waals surface area (Å²) in [6, 6.07) is 8.61. The van der Waals surface area contributed by atoms with Gasteiger partial charge in [-0.15, -0.1) is 0 Å². The fourth-order valence-corrected chi connectivity index (χ4v) is 3.93. The van der Waals surface area contributed by atoms with Crippen LogP contribution in [0.25, 0.3) is 0 Å². The molecule has 1 aliphatic rings. The van der Waals surface area contributed by atoms with Crippen molar-refractivity contribution >= 4 is 33.3 Å². The van der Waals surface area contributed by atoms with Gasteiger partial charge < -0.3 is 15.0 Å². The predicted octanol–water partition coefficient (Wildman–Crippen LogP) is 1.50. The van der Waals surface area contributed by atoms with Gasteiger partial charge in [-0.3, -0.25) is 0 Å². The van der Waals surface area contributed by atoms with Gasteiger partial charge in [-0.2, -0.15) is 0 Å². The van der Waals surface area contributed by atoms with E-state index in [2.05, 4.69) is 24.9 Å². The summed E-state index contributed by atoms with van der Waals surface area (Å²) in [5.41, 5.74) is 0.686. The van der Waals surface area contributed by atoms with Crippen LogP contribution < -0.4 is 14.9 Å². The van der Waals surface area contributed by atoms with E-state index < -0.39 is 10.0 Å². The van der Waals surface area contributed by atoms with Gasteiger partial charge in [0.1, 0.15) is 18.0 Å². The van der Waals surface area contributed by atoms with E-state index in [1.165, 1.54) is 6.33 Å². The fourth-order valence-electron chi connectivity index (χ4n) is 2.66. The summed E-state index contributed by atoms with van der Waals surface area (Å²) < 4.78 is 32.2. The van der Waals surface area contributed by atoms with Gasteiger partial charge in [-0.25, -0.2) is 23.1 Å². The van der Waals surface area contributed by atoms with Crippen LogP contribution in [-0.2, 0) is 20.5 Å². The molecular formula is C17H22ClN5O3S. The molecule has 0 bridgehead atoms. The van der Waals surface area contributed by atoms with Crippen molar-refractivity contribution in [3.05, 3.63) is 47.2 Å². The van der Waals surface area contributed by atoms with Gasteiger partial charge in [-0.05, 0) is 17.7 Å². The Kier molecular flexibility index (Phi) is 6.84. The smallest absolute Gasteiger partial charge is 0.215 e. The molecule has 1 fully saturated rings. The number of anilines is 2. The van der Waals surface area contributed by atoms with Gasteiger partial charge >= 0.3 is 0 Å². The summed E-state index contributed by atoms with van der Waals surface area (Å²) in [7, 11) is -3.42. The molecule has 8 nitrogen and oxygen atoms in total. The summed E-state index contributed by atoms with van der Waals surface area (Å²) in [5, 5.41) is 3.69. The molecule has 1 aromatic heterocycles. The normalized spacial score (nSPS) is 14.9. The van der Waals surface area contributed by atoms with Crippen LogP contribution in [0.3, 0.4) is 0 Å². The summed E-state index contributed by atoms with van der Waals surface area (Å²) in [6.07, 6.45) is 1.50. The summed E-state index contributed by atoms with van der Waals surface area (Å²) in [5.74, 6) is 1.40. The van der Waals surface area contributed by atoms with Crippen LogP contribution in [0.2, 0.25) is 5.02 Å². The highest BCUT2D eigenvalue weighted by Gasteiger charge is 2.13. The minimum Gasteiger partial charge on any atom is -0.378 e. The number of rotatable bonds is 8. The third-order valence-electron chi connectivity index (χ3n) is 4.01. The Labute approximate surface area is 164 Å². The third-order valence-corrected chi connectivity index (χ3v) is 5.62. The molecule has 0 unspecified atom stereocenters. The standard InChI is InChI=1S/C17H22ClN5O3S/c18-15-3-1-14(2-4-15)12-27(24,25)22-6-5-19-16-11-17(21-13-20-16)23-7-9-26-10-8-23/h1-4,11,13,22H,5-10,12H2,(H,19,20,21). The minimum absolute atomic E-state index is 0.0845. The number of aromatic nitrogens is 2. The molecular weight excluding hydrogens is 390 g/mol. The molecule has 2 aromatic rings. The van der Waals surface area contributed by atoms with Crippen LogP contribution in [0.1, 0.15) is 5.56 Å². The first-order chi connectivity index (χ1) is 13.0. The second-order valence-electron chi connectivity index (χ2n) is 6.07. The van der Waals surface area contributed by atoms with Gasteiger partial charge in [0.2, 0.25) is 10.0 Å². The quantitative estimate of drug-likeness (QED) is 0.635. The fraction of sp³-hybridized carbons (Fsp3) is 0.412. The molecule has 0 amide bonds. The molecule has 1 aliphatic heterocycles. The Hall–Kier alpha value is -1.94. The van der Waals surface area contributed by atoms with Crippen molar-refractivity contribution in [1.29, 1.82) is 0 Å². The summed E-state index contributed by atoms with van der Waals surface area (Å²) >= 11 is 5.81. The van der Waals surface area contributed by atoms with Gasteiger partial charge in [0.05, 0.1) is 19.0 Å². The number of benzene rings is 1. The third kappa shape index (κ3) is 6.31. The van der Waals surface area contributed by atoms with Crippen molar-refractivity contribution in [2.24, 2.45) is 0 Å². The molecule has 10 heteroatoms. The molecule has 2 N–H and O–H groups in total. The highest BCUT2D eigenvalue weighted by molar-refractivity contribution is 7.88. The molecule has 146 valence electrons. The first-order valence-electron chi connectivity index (χ1n) is 8.62. The molecule has 1 saturated heterocycles. The van der Waals surface area contributed by atoms with Crippen molar-refractivity contribution < 1.29 is 13.2 Å². The molecule has 0 spiro atoms. The first-order valence-corrected chi connectivity index (χ1v) is 10.7. The highest BCUT2D eigenvalue weighted by Crippen LogP contribution is 2.15. The molecule has 0 aliphatic carbocycles. The molecule has 0 radical (unpaired) electrons. The first kappa shape index (κ1) is 19.8. The van der Waals surface area contributed by atoms with Crippen molar-refractivity contribution in [1.82, 2.24) is 14.7 Å². The summed E-state index contributed by atoms with van der Waals surface area (Å²) in [4.78, 5) is 10.6. The Bertz CT molecular complexity index is 842. The van der Waals surface area contributed by atoms with Crippen molar-refractivity contribution in [2.75, 3.05) is 49.6 Å². The van der Waals surface area contributed by atoms with Crippen molar-refractivity contribution in [3.8, 4) is 0 Å². The largest absolute Gasteiger partial charge is 0.378 e. The topological polar surface area (TPSA) is 96.5 Å². The maximum absolute atomic E-state index is 12.1. The zero-order valence-corrected chi connectivity index (χ0v) is 16.3. The van der Waals surface area contributed by atoms with E-state index in [9.17, 15) is 8.42 Å². The maximum Gasteiger partial charge on any atom is 0.215 e. The molecule has 1 aromatic carbocycles. The van der Waals surface area contributed by atoms with Crippen LogP contribution in [0.4, 0.5) is 11.6 Å². The molecule has 0 atom stereocenters. The van der Waals surface area contributed by atoms with E-state index in [1.807, 2.05) is 6.07 Å². The van der Waals surface area contributed by atoms with Gasteiger partial charge in [0.15, 0.2) is 0 Å². The maximum atomic E-state index is 12.1. The van der Waals surface area contributed by atoms with Crippen molar-refractivity contribution in [3.63, 3.8) is 0 Å². The second-order valence-corrected chi connectivity index (χ2v) is 8.31. The molecule has 0 saturated carbocycles. The minimum atomic E-state index is -3.42. The number of halogens is 1. The Morgan fingerprint density at radius 3 is 2.59 bits per heavy atom. The van der Waals surface area contributed by atoms with Crippen LogP contribution in [0.5, 0.6) is 0 Å². The monoisotopic (exact) mass is 411 g/mol. The van der Waals surface area contributed by atoms with E-state index in [0.717, 1.165) is 18.9 Å². The molecule has 27 heavy (non-hydrogen) atoms. The lowest BCUT2D eigenvalue weighted by atomic mass is 10.2. The highest BCUT2D eigenvalue weighted by atomic mass is 35.5. The summed E-state index contributed by atoms with van der Waals surface area (Å²) in [6.45, 7) is 3.62. The zero-order valence-electron chi connectivity index (χ0n) is 14.8. The number of nitrogens with zero attached hydrogens (tertiary/aromatic N) is 3. The van der Waals surface area contributed by atoms with E-state index in [-0.39, 0.29) is 12.3 Å². The Morgan fingerprint density at radius 2 is 1.85 bits per heavy atom. The van der Waals surface area contributed by atoms with Crippen LogP contribution in [0.15, 0.2) is 36.7 Å². The van der Waals surface area contributed by atoms with E-state index in [4.69, 9.17) is 16.3 Å². The average Bonchev–Trinajstić information content (AvgIpc) is 2.68. The number of hydrogen-bond donors (Lipinski definition) is 2. The lowest BCUT2D eigenvalue weighted by Crippen LogP contribution is -2.36. The van der Waals surface area contributed by atoms with E-state index >= 15 is 0 Å². The average molecular weight is 412 g/mol. The van der Waals surface area contributed by atoms with Crippen LogP contribution >= 0.6 is 11.6 Å². The Balaban J connectivity index is 1.46. The number of ether oxygens (including phenoxy) is 1. The number of morpholine rings is 1. The van der Waals surface area contributed by atoms with Gasteiger partial charge in [0, 0.05) is 37.3 Å². The van der Waals surface area contributed by atoms with E-state index in [0.29, 0.717) is 36.2 Å². The lowest BCUT2D eigenvalue weighted by Gasteiger charge is -2.27. The number of sulfonamides is 1. The molecule has 2 heterocycles. The van der Waals surface area contributed by atoms with Crippen molar-refractivity contribution in [2.45, 2.75) is 5.75 Å². The zero-order chi connectivity index (χ0) is 19.1. The van der Waals surface area contributed by atoms with Crippen LogP contribution in [0, 0.1) is 0 Å². The predicted molar refractivity (Wildman–Crippen MR) is 106 cm³/mol. The number of hydrogen-bond acceptors (Lipinski definition) is 7.